The molecule has 1 aromatic carbocycles. The Bertz CT molecular complexity index is 1290. The van der Waals surface area contributed by atoms with Gasteiger partial charge in [-0.3, -0.25) is 14.4 Å². The summed E-state index contributed by atoms with van der Waals surface area (Å²) in [5.41, 5.74) is 2.26. The number of aromatic nitrogens is 1. The van der Waals surface area contributed by atoms with E-state index < -0.39 is 6.04 Å². The van der Waals surface area contributed by atoms with E-state index in [1.54, 1.807) is 37.2 Å². The van der Waals surface area contributed by atoms with Crippen molar-refractivity contribution in [3.63, 3.8) is 0 Å². The van der Waals surface area contributed by atoms with Crippen LogP contribution in [0.25, 0.3) is 6.08 Å². The van der Waals surface area contributed by atoms with Crippen molar-refractivity contribution in [2.45, 2.75) is 44.3 Å². The topological polar surface area (TPSA) is 104 Å². The number of likely N-dealkylation sites (N-methyl/N-ethyl adjacent to an activating group) is 1. The summed E-state index contributed by atoms with van der Waals surface area (Å²) in [6.07, 6.45) is 4.27. The number of amides is 3. The molecule has 9 nitrogen and oxygen atoms in total. The first kappa shape index (κ1) is 26.6. The zero-order valence-corrected chi connectivity index (χ0v) is 23.3. The molecule has 1 aromatic heterocycles. The van der Waals surface area contributed by atoms with Crippen LogP contribution in [0.5, 0.6) is 5.75 Å². The van der Waals surface area contributed by atoms with Crippen molar-refractivity contribution < 1.29 is 19.1 Å². The number of hydrogen-bond acceptors (Lipinski definition) is 7. The summed E-state index contributed by atoms with van der Waals surface area (Å²) in [5, 5.41) is 7.20. The number of thiazole rings is 1. The smallest absolute Gasteiger partial charge is 0.280 e. The van der Waals surface area contributed by atoms with Crippen molar-refractivity contribution in [2.75, 3.05) is 34.3 Å². The Morgan fingerprint density at radius 3 is 2.74 bits per heavy atom. The lowest BCUT2D eigenvalue weighted by Gasteiger charge is -2.37. The van der Waals surface area contributed by atoms with Gasteiger partial charge in [0.15, 0.2) is 5.01 Å². The molecule has 202 valence electrons. The lowest BCUT2D eigenvalue weighted by molar-refractivity contribution is -0.134. The molecule has 1 saturated carbocycles. The van der Waals surface area contributed by atoms with Crippen LogP contribution in [-0.2, 0) is 22.6 Å². The third-order valence-electron chi connectivity index (χ3n) is 7.37. The summed E-state index contributed by atoms with van der Waals surface area (Å²) in [5.74, 6) is -0.0737. The van der Waals surface area contributed by atoms with Crippen LogP contribution in [0.4, 0.5) is 0 Å². The highest BCUT2D eigenvalue weighted by molar-refractivity contribution is 7.13. The molecule has 2 aliphatic heterocycles. The van der Waals surface area contributed by atoms with E-state index in [2.05, 4.69) is 27.6 Å². The summed E-state index contributed by atoms with van der Waals surface area (Å²) < 4.78 is 5.75. The van der Waals surface area contributed by atoms with Crippen molar-refractivity contribution in [3.05, 3.63) is 49.9 Å². The zero-order valence-electron chi connectivity index (χ0n) is 21.8. The van der Waals surface area contributed by atoms with Crippen LogP contribution < -0.4 is 15.4 Å². The molecule has 11 heteroatoms. The van der Waals surface area contributed by atoms with E-state index in [1.165, 1.54) is 11.3 Å². The Morgan fingerprint density at radius 1 is 1.16 bits per heavy atom. The largest absolute Gasteiger partial charge is 0.488 e. The molecular formula is C27H32ClN5O4S. The molecule has 1 aliphatic carbocycles. The predicted molar refractivity (Wildman–Crippen MR) is 146 cm³/mol. The van der Waals surface area contributed by atoms with E-state index in [0.29, 0.717) is 40.6 Å². The summed E-state index contributed by atoms with van der Waals surface area (Å²) in [7, 11) is 5.53. The van der Waals surface area contributed by atoms with E-state index in [9.17, 15) is 14.4 Å². The highest BCUT2D eigenvalue weighted by Crippen LogP contribution is 2.31. The third-order valence-corrected chi connectivity index (χ3v) is 8.69. The van der Waals surface area contributed by atoms with Crippen LogP contribution in [0, 0.1) is 5.92 Å². The van der Waals surface area contributed by atoms with Gasteiger partial charge in [0, 0.05) is 61.0 Å². The predicted octanol–water partition coefficient (Wildman–Crippen LogP) is 2.73. The first-order valence-electron chi connectivity index (χ1n) is 12.8. The zero-order chi connectivity index (χ0) is 27.0. The van der Waals surface area contributed by atoms with Crippen LogP contribution >= 0.6 is 22.9 Å². The lowest BCUT2D eigenvalue weighted by atomic mass is 9.81. The van der Waals surface area contributed by atoms with Crippen LogP contribution in [0.1, 0.15) is 45.2 Å². The number of fused-ring (bicyclic) bond motifs is 2. The molecule has 5 rings (SSSR count). The van der Waals surface area contributed by atoms with Gasteiger partial charge < -0.3 is 25.2 Å². The molecule has 0 radical (unpaired) electrons. The summed E-state index contributed by atoms with van der Waals surface area (Å²) in [6, 6.07) is 4.56. The van der Waals surface area contributed by atoms with E-state index in [1.807, 2.05) is 6.07 Å². The fraction of sp³-hybridized carbons (Fsp3) is 0.481. The maximum atomic E-state index is 13.3. The second-order valence-electron chi connectivity index (χ2n) is 10.4. The first-order chi connectivity index (χ1) is 18.2. The molecule has 2 N–H and O–H groups in total. The summed E-state index contributed by atoms with van der Waals surface area (Å²) >= 11 is 7.47. The van der Waals surface area contributed by atoms with Gasteiger partial charge in [-0.05, 0) is 50.6 Å². The van der Waals surface area contributed by atoms with Gasteiger partial charge in [-0.25, -0.2) is 4.98 Å². The second kappa shape index (κ2) is 11.0. The molecule has 0 spiro atoms. The standard InChI is InChI=1S/C27H32ClN5O4S/c1-32(2)27(36)16-5-7-19(29-24(34)17-10-15-4-6-18(28)12-22(15)37-14-17)21(11-16)30-25(35)26-31-20-8-9-33(3)13-23(20)38-26/h4,6,10,12,16,19,21H,5,7-9,11,13-14H2,1-3H3,(H,29,34)(H,30,35)/t16-,19-,21+/m0/s1. The lowest BCUT2D eigenvalue weighted by Crippen LogP contribution is -2.56. The minimum Gasteiger partial charge on any atom is -0.488 e. The van der Waals surface area contributed by atoms with Gasteiger partial charge in [0.25, 0.3) is 11.8 Å². The minimum atomic E-state index is -0.408. The van der Waals surface area contributed by atoms with Crippen LogP contribution in [-0.4, -0.2) is 78.9 Å². The van der Waals surface area contributed by atoms with Crippen LogP contribution in [0.2, 0.25) is 5.02 Å². The Hall–Kier alpha value is -2.95. The number of rotatable bonds is 5. The maximum Gasteiger partial charge on any atom is 0.280 e. The van der Waals surface area contributed by atoms with Gasteiger partial charge in [0.1, 0.15) is 12.4 Å². The van der Waals surface area contributed by atoms with Gasteiger partial charge in [-0.1, -0.05) is 11.6 Å². The fourth-order valence-corrected chi connectivity index (χ4v) is 6.53. The molecular weight excluding hydrogens is 526 g/mol. The number of carbonyl (C=O) groups excluding carboxylic acids is 3. The fourth-order valence-electron chi connectivity index (χ4n) is 5.27. The van der Waals surface area contributed by atoms with Crippen molar-refractivity contribution >= 4 is 46.7 Å². The molecule has 1 fully saturated rings. The van der Waals surface area contributed by atoms with Gasteiger partial charge >= 0.3 is 0 Å². The van der Waals surface area contributed by atoms with Gasteiger partial charge in [-0.2, -0.15) is 0 Å². The molecule has 0 saturated heterocycles. The highest BCUT2D eigenvalue weighted by Gasteiger charge is 2.37. The molecule has 3 amide bonds. The molecule has 0 bridgehead atoms. The summed E-state index contributed by atoms with van der Waals surface area (Å²) in [4.78, 5) is 48.8. The second-order valence-corrected chi connectivity index (χ2v) is 11.9. The normalized spacial score (nSPS) is 22.8. The number of hydrogen-bond donors (Lipinski definition) is 2. The Labute approximate surface area is 231 Å². The van der Waals surface area contributed by atoms with E-state index >= 15 is 0 Å². The maximum absolute atomic E-state index is 13.3. The van der Waals surface area contributed by atoms with Gasteiger partial charge in [0.2, 0.25) is 5.91 Å². The molecule has 38 heavy (non-hydrogen) atoms. The highest BCUT2D eigenvalue weighted by atomic mass is 35.5. The van der Waals surface area contributed by atoms with Crippen molar-refractivity contribution in [3.8, 4) is 5.75 Å². The van der Waals surface area contributed by atoms with E-state index in [4.69, 9.17) is 16.3 Å². The molecule has 2 aromatic rings. The number of carbonyl (C=O) groups is 3. The quantitative estimate of drug-likeness (QED) is 0.586. The Balaban J connectivity index is 1.32. The Kier molecular flexibility index (Phi) is 7.74. The first-order valence-corrected chi connectivity index (χ1v) is 14.0. The number of halogens is 1. The average molecular weight is 558 g/mol. The number of ether oxygens (including phenoxy) is 1. The van der Waals surface area contributed by atoms with E-state index in [-0.39, 0.29) is 36.3 Å². The number of nitrogens with zero attached hydrogens (tertiary/aromatic N) is 3. The molecule has 3 heterocycles. The molecule has 0 unspecified atom stereocenters. The number of nitrogens with one attached hydrogen (secondary N) is 2. The van der Waals surface area contributed by atoms with E-state index in [0.717, 1.165) is 35.6 Å². The van der Waals surface area contributed by atoms with Crippen LogP contribution in [0.3, 0.4) is 0 Å². The Morgan fingerprint density at radius 2 is 1.95 bits per heavy atom. The van der Waals surface area contributed by atoms with Crippen molar-refractivity contribution in [1.82, 2.24) is 25.4 Å². The van der Waals surface area contributed by atoms with Crippen LogP contribution in [0.15, 0.2) is 23.8 Å². The summed E-state index contributed by atoms with van der Waals surface area (Å²) in [6.45, 7) is 1.83. The molecule has 3 aliphatic rings. The van der Waals surface area contributed by atoms with Crippen molar-refractivity contribution in [1.29, 1.82) is 0 Å². The van der Waals surface area contributed by atoms with Gasteiger partial charge in [-0.15, -0.1) is 11.3 Å². The molecule has 3 atom stereocenters. The minimum absolute atomic E-state index is 0.0282. The monoisotopic (exact) mass is 557 g/mol. The third kappa shape index (κ3) is 5.72. The van der Waals surface area contributed by atoms with Gasteiger partial charge in [0.05, 0.1) is 17.3 Å². The van der Waals surface area contributed by atoms with Crippen molar-refractivity contribution in [2.24, 2.45) is 5.92 Å². The SMILES string of the molecule is CN1CCc2nc(C(=O)N[C@@H]3C[C@@H](C(=O)N(C)C)CC[C@@H]3NC(=O)C3=Cc4ccc(Cl)cc4OC3)sc2C1. The average Bonchev–Trinajstić information content (AvgIpc) is 3.32. The number of benzene rings is 1.